The summed E-state index contributed by atoms with van der Waals surface area (Å²) in [6.45, 7) is -0.0416. The Morgan fingerprint density at radius 3 is 1.55 bits per heavy atom. The average molecular weight is 453 g/mol. The molecule has 0 aromatic rings. The second-order valence-corrected chi connectivity index (χ2v) is 7.05. The molecule has 174 valence electrons. The van der Waals surface area contributed by atoms with Gasteiger partial charge >= 0.3 is 18.3 Å². The monoisotopic (exact) mass is 453 g/mol. The van der Waals surface area contributed by atoms with Gasteiger partial charge in [-0.3, -0.25) is 4.90 Å². The normalized spacial score (nSPS) is 24.3. The number of nitrogens with zero attached hydrogens (tertiary/aromatic N) is 1. The van der Waals surface area contributed by atoms with Crippen LogP contribution in [0.1, 0.15) is 39.5 Å². The average Bonchev–Trinajstić information content (AvgIpc) is 2.86. The largest absolute Gasteiger partial charge is 0.429 e. The molecule has 2 nitrogen and oxygen atoms in total. The summed E-state index contributed by atoms with van der Waals surface area (Å²) in [6.07, 6.45) is -24.5. The molecule has 5 unspecified atom stereocenters. The van der Waals surface area contributed by atoms with E-state index in [-0.39, 0.29) is 39.8 Å². The van der Waals surface area contributed by atoms with E-state index in [0.717, 1.165) is 0 Å². The lowest BCUT2D eigenvalue weighted by molar-refractivity contribution is -0.322. The van der Waals surface area contributed by atoms with Gasteiger partial charge in [0.05, 0.1) is 0 Å². The van der Waals surface area contributed by atoms with Gasteiger partial charge in [-0.2, -0.15) is 26.3 Å². The summed E-state index contributed by atoms with van der Waals surface area (Å²) in [7, 11) is 0. The topological polar surface area (TPSA) is 12.5 Å². The summed E-state index contributed by atoms with van der Waals surface area (Å²) >= 11 is 0. The molecule has 0 aromatic heterocycles. The van der Waals surface area contributed by atoms with E-state index in [1.807, 2.05) is 0 Å². The highest BCUT2D eigenvalue weighted by Crippen LogP contribution is 2.45. The Balaban J connectivity index is 3.11. The van der Waals surface area contributed by atoms with Crippen LogP contribution in [0.2, 0.25) is 0 Å². The van der Waals surface area contributed by atoms with Gasteiger partial charge < -0.3 is 4.74 Å². The molecule has 1 aliphatic rings. The van der Waals surface area contributed by atoms with Gasteiger partial charge in [0.25, 0.3) is 11.8 Å². The van der Waals surface area contributed by atoms with Crippen molar-refractivity contribution in [2.45, 2.75) is 88.1 Å². The first kappa shape index (κ1) is 26.2. The molecule has 1 heterocycles. The summed E-state index contributed by atoms with van der Waals surface area (Å²) in [5.74, 6) is -5.33. The zero-order chi connectivity index (χ0) is 22.8. The second kappa shape index (κ2) is 9.11. The van der Waals surface area contributed by atoms with Crippen LogP contribution in [0.4, 0.5) is 48.3 Å². The zero-order valence-electron chi connectivity index (χ0n) is 15.6. The van der Waals surface area contributed by atoms with E-state index >= 15 is 0 Å². The number of hydrogen-bond donors (Lipinski definition) is 0. The molecule has 1 fully saturated rings. The molecular weight excluding hydrogens is 431 g/mol. The highest BCUT2D eigenvalue weighted by Gasteiger charge is 2.68. The molecule has 0 saturated carbocycles. The van der Waals surface area contributed by atoms with Crippen LogP contribution in [-0.2, 0) is 4.74 Å². The van der Waals surface area contributed by atoms with Gasteiger partial charge in [0.2, 0.25) is 0 Å². The van der Waals surface area contributed by atoms with Crippen molar-refractivity contribution in [1.29, 1.82) is 0 Å². The number of likely N-dealkylation sites (tertiary alicyclic amines) is 1. The van der Waals surface area contributed by atoms with Gasteiger partial charge in [0.1, 0.15) is 12.2 Å². The van der Waals surface area contributed by atoms with Crippen molar-refractivity contribution in [1.82, 2.24) is 4.90 Å². The maximum Gasteiger partial charge on any atom is 0.429 e. The van der Waals surface area contributed by atoms with Crippen molar-refractivity contribution in [3.8, 4) is 0 Å². The van der Waals surface area contributed by atoms with Crippen LogP contribution < -0.4 is 0 Å². The third-order valence-corrected chi connectivity index (χ3v) is 4.91. The lowest BCUT2D eigenvalue weighted by Crippen LogP contribution is -2.63. The number of alkyl halides is 11. The summed E-state index contributed by atoms with van der Waals surface area (Å²) in [6, 6.07) is 0. The molecule has 0 aromatic carbocycles. The molecule has 0 spiro atoms. The van der Waals surface area contributed by atoms with E-state index in [9.17, 15) is 48.3 Å². The lowest BCUT2D eigenvalue weighted by Gasteiger charge is -2.41. The van der Waals surface area contributed by atoms with E-state index in [1.165, 1.54) is 0 Å². The predicted octanol–water partition coefficient (Wildman–Crippen LogP) is 5.76. The van der Waals surface area contributed by atoms with E-state index in [1.54, 1.807) is 0 Å². The van der Waals surface area contributed by atoms with Crippen LogP contribution in [0.25, 0.3) is 0 Å². The summed E-state index contributed by atoms with van der Waals surface area (Å²) in [5.41, 5.74) is -4.83. The van der Waals surface area contributed by atoms with E-state index in [0.29, 0.717) is 17.7 Å². The van der Waals surface area contributed by atoms with Gasteiger partial charge in [-0.1, -0.05) is 12.8 Å². The van der Waals surface area contributed by atoms with Crippen LogP contribution in [-0.4, -0.2) is 66.6 Å². The fourth-order valence-electron chi connectivity index (χ4n) is 3.07. The van der Waals surface area contributed by atoms with Crippen LogP contribution >= 0.6 is 0 Å². The summed E-state index contributed by atoms with van der Waals surface area (Å²) < 4.78 is 151. The molecule has 0 aliphatic carbocycles. The first-order valence-corrected chi connectivity index (χ1v) is 8.85. The molecule has 0 bridgehead atoms. The van der Waals surface area contributed by atoms with E-state index in [2.05, 4.69) is 4.74 Å². The molecule has 0 amide bonds. The second-order valence-electron chi connectivity index (χ2n) is 7.05. The van der Waals surface area contributed by atoms with Crippen molar-refractivity contribution < 1.29 is 53.0 Å². The van der Waals surface area contributed by atoms with Crippen molar-refractivity contribution in [2.75, 3.05) is 13.1 Å². The number of halogens is 11. The molecule has 0 radical (unpaired) electrons. The van der Waals surface area contributed by atoms with Crippen molar-refractivity contribution >= 4 is 0 Å². The number of rotatable bonds is 7. The van der Waals surface area contributed by atoms with Crippen LogP contribution in [0, 0.1) is 0 Å². The highest BCUT2D eigenvalue weighted by molar-refractivity contribution is 5.01. The molecule has 1 saturated heterocycles. The Kier molecular flexibility index (Phi) is 8.22. The van der Waals surface area contributed by atoms with Gasteiger partial charge in [0.15, 0.2) is 6.30 Å². The molecule has 29 heavy (non-hydrogen) atoms. The van der Waals surface area contributed by atoms with Crippen LogP contribution in [0.5, 0.6) is 0 Å². The minimum absolute atomic E-state index is 0.158. The van der Waals surface area contributed by atoms with Crippen LogP contribution in [0.15, 0.2) is 0 Å². The van der Waals surface area contributed by atoms with E-state index in [4.69, 9.17) is 0 Å². The first-order valence-electron chi connectivity index (χ1n) is 8.85. The first-order chi connectivity index (χ1) is 13.0. The molecule has 1 rings (SSSR count). The quantitative estimate of drug-likeness (QED) is 0.359. The fourth-order valence-corrected chi connectivity index (χ4v) is 3.07. The smallest absolute Gasteiger partial charge is 0.365 e. The summed E-state index contributed by atoms with van der Waals surface area (Å²) in [5, 5.41) is 0. The standard InChI is InChI=1S/C16H22F11NO/c1-9(29-10(2)14(20,21)11(17)15(22,23)24)13(19,16(25,26)27)12(18)28-7-5-3-4-6-8-28/h9-12H,3-8H2,1-2H3. The SMILES string of the molecule is CC(OC(C)C(F)(C(F)N1CCCCCC1)C(F)(F)F)C(F)(F)C(F)C(F)(F)F. The number of ether oxygens (including phenoxy) is 1. The minimum atomic E-state index is -6.03. The lowest BCUT2D eigenvalue weighted by atomic mass is 9.95. The zero-order valence-corrected chi connectivity index (χ0v) is 15.6. The minimum Gasteiger partial charge on any atom is -0.365 e. The molecule has 13 heteroatoms. The van der Waals surface area contributed by atoms with Gasteiger partial charge in [-0.25, -0.2) is 22.0 Å². The Bertz CT molecular complexity index is 516. The Hall–Kier alpha value is -0.850. The number of hydrogen-bond acceptors (Lipinski definition) is 2. The molecule has 1 aliphatic heterocycles. The van der Waals surface area contributed by atoms with Crippen molar-refractivity contribution in [3.05, 3.63) is 0 Å². The van der Waals surface area contributed by atoms with Crippen LogP contribution in [0.3, 0.4) is 0 Å². The maximum atomic E-state index is 15.0. The Morgan fingerprint density at radius 2 is 1.17 bits per heavy atom. The third kappa shape index (κ3) is 5.65. The fraction of sp³-hybridized carbons (Fsp3) is 1.00. The molecular formula is C16H22F11NO. The summed E-state index contributed by atoms with van der Waals surface area (Å²) in [4.78, 5) is 0.552. The highest BCUT2D eigenvalue weighted by atomic mass is 19.4. The molecule has 0 N–H and O–H groups in total. The Labute approximate surface area is 160 Å². The van der Waals surface area contributed by atoms with E-state index < -0.39 is 48.6 Å². The van der Waals surface area contributed by atoms with Crippen molar-refractivity contribution in [2.24, 2.45) is 0 Å². The van der Waals surface area contributed by atoms with Crippen molar-refractivity contribution in [3.63, 3.8) is 0 Å². The maximum absolute atomic E-state index is 15.0. The van der Waals surface area contributed by atoms with Gasteiger partial charge in [-0.05, 0) is 26.7 Å². The third-order valence-electron chi connectivity index (χ3n) is 4.91. The Morgan fingerprint density at radius 1 is 0.724 bits per heavy atom. The van der Waals surface area contributed by atoms with Gasteiger partial charge in [-0.15, -0.1) is 0 Å². The molecule has 5 atom stereocenters. The van der Waals surface area contributed by atoms with Gasteiger partial charge in [0, 0.05) is 13.1 Å². The predicted molar refractivity (Wildman–Crippen MR) is 80.7 cm³/mol.